The first-order chi connectivity index (χ1) is 22.7. The number of hydrogen-bond acceptors (Lipinski definition) is 9. The average molecular weight is 713 g/mol. The molecular formula is C35H64N6O9. The minimum absolute atomic E-state index is 0.0339. The van der Waals surface area contributed by atoms with E-state index in [9.17, 15) is 33.6 Å². The standard InChI is InChI=1S/C35H64N6O9/c1-18(2)16-23(38-33(48)50-34(10,11)12)28(43)36-22(9)27(42)39-25(20(5)6)30(45)37-24(17-19(3)4)29(44)41-35(13,14)32(47)40-26(21(7)8)31(46)49-15/h18-26H,16-17H2,1-15H3,(H,36,43)(H,37,45)(H,38,48)(H,39,42)(H,40,47)(H,41,44)/t22-,23-,24-,25-,26-/m0/s1. The first-order valence-electron chi connectivity index (χ1n) is 17.3. The lowest BCUT2D eigenvalue weighted by atomic mass is 9.97. The van der Waals surface area contributed by atoms with E-state index in [0.717, 1.165) is 0 Å². The molecule has 0 fully saturated rings. The highest BCUT2D eigenvalue weighted by atomic mass is 16.6. The van der Waals surface area contributed by atoms with Gasteiger partial charge in [0.25, 0.3) is 0 Å². The Hall–Kier alpha value is -3.91. The van der Waals surface area contributed by atoms with E-state index >= 15 is 0 Å². The summed E-state index contributed by atoms with van der Waals surface area (Å²) in [6, 6.07) is -5.14. The van der Waals surface area contributed by atoms with E-state index in [2.05, 4.69) is 31.9 Å². The quantitative estimate of drug-likeness (QED) is 0.115. The maximum absolute atomic E-state index is 13.6. The van der Waals surface area contributed by atoms with Gasteiger partial charge in [-0.15, -0.1) is 0 Å². The van der Waals surface area contributed by atoms with Crippen LogP contribution in [0.1, 0.15) is 110 Å². The Morgan fingerprint density at radius 3 is 1.46 bits per heavy atom. The second-order valence-electron chi connectivity index (χ2n) is 15.8. The summed E-state index contributed by atoms with van der Waals surface area (Å²) in [4.78, 5) is 91.2. The molecule has 5 atom stereocenters. The molecule has 0 saturated heterocycles. The topological polar surface area (TPSA) is 210 Å². The van der Waals surface area contributed by atoms with E-state index in [1.54, 1.807) is 48.5 Å². The molecule has 0 aromatic carbocycles. The molecule has 6 amide bonds. The SMILES string of the molecule is COC(=O)[C@@H](NC(=O)C(C)(C)NC(=O)[C@H](CC(C)C)NC(=O)[C@@H](NC(=O)[C@H](C)NC(=O)[C@H](CC(C)C)NC(=O)OC(C)(C)C)C(C)C)C(C)C. The molecule has 0 aliphatic heterocycles. The van der Waals surface area contributed by atoms with Gasteiger partial charge in [-0.05, 0) is 78.1 Å². The van der Waals surface area contributed by atoms with Crippen molar-refractivity contribution in [2.75, 3.05) is 7.11 Å². The molecule has 15 nitrogen and oxygen atoms in total. The van der Waals surface area contributed by atoms with E-state index in [-0.39, 0.29) is 30.6 Å². The zero-order valence-corrected chi connectivity index (χ0v) is 32.8. The smallest absolute Gasteiger partial charge is 0.408 e. The van der Waals surface area contributed by atoms with Crippen molar-refractivity contribution < 1.29 is 43.0 Å². The molecule has 0 heterocycles. The highest BCUT2D eigenvalue weighted by Crippen LogP contribution is 2.13. The van der Waals surface area contributed by atoms with Crippen LogP contribution >= 0.6 is 0 Å². The highest BCUT2D eigenvalue weighted by Gasteiger charge is 2.37. The number of nitrogens with one attached hydrogen (secondary N) is 6. The van der Waals surface area contributed by atoms with E-state index < -0.39 is 88.9 Å². The predicted molar refractivity (Wildman–Crippen MR) is 189 cm³/mol. The third-order valence-corrected chi connectivity index (χ3v) is 7.47. The fourth-order valence-corrected chi connectivity index (χ4v) is 4.71. The van der Waals surface area contributed by atoms with Crippen LogP contribution in [-0.2, 0) is 38.2 Å². The van der Waals surface area contributed by atoms with Crippen LogP contribution in [0.2, 0.25) is 0 Å². The maximum atomic E-state index is 13.6. The van der Waals surface area contributed by atoms with E-state index in [0.29, 0.717) is 0 Å². The Bertz CT molecular complexity index is 1190. The molecule has 0 aliphatic carbocycles. The number of rotatable bonds is 18. The molecule has 50 heavy (non-hydrogen) atoms. The number of carbonyl (C=O) groups excluding carboxylic acids is 7. The lowest BCUT2D eigenvalue weighted by molar-refractivity contribution is -0.147. The molecule has 0 spiro atoms. The number of hydrogen-bond donors (Lipinski definition) is 6. The van der Waals surface area contributed by atoms with Crippen LogP contribution in [0.3, 0.4) is 0 Å². The van der Waals surface area contributed by atoms with Crippen LogP contribution in [0.5, 0.6) is 0 Å². The third-order valence-electron chi connectivity index (χ3n) is 7.47. The Morgan fingerprint density at radius 2 is 1.04 bits per heavy atom. The number of alkyl carbamates (subject to hydrolysis) is 1. The van der Waals surface area contributed by atoms with Crippen molar-refractivity contribution >= 4 is 41.6 Å². The molecule has 0 radical (unpaired) electrons. The number of ether oxygens (including phenoxy) is 2. The van der Waals surface area contributed by atoms with Crippen molar-refractivity contribution in [1.82, 2.24) is 31.9 Å². The van der Waals surface area contributed by atoms with Crippen molar-refractivity contribution in [3.8, 4) is 0 Å². The summed E-state index contributed by atoms with van der Waals surface area (Å²) in [7, 11) is 1.22. The molecule has 0 rings (SSSR count). The minimum atomic E-state index is -1.47. The van der Waals surface area contributed by atoms with Gasteiger partial charge in [-0.25, -0.2) is 9.59 Å². The van der Waals surface area contributed by atoms with Crippen LogP contribution in [0, 0.1) is 23.7 Å². The Kier molecular flexibility index (Phi) is 18.5. The summed E-state index contributed by atoms with van der Waals surface area (Å²) in [6.07, 6.45) is -0.256. The minimum Gasteiger partial charge on any atom is -0.467 e. The van der Waals surface area contributed by atoms with Gasteiger partial charge in [0, 0.05) is 0 Å². The van der Waals surface area contributed by atoms with Crippen LogP contribution in [0.15, 0.2) is 0 Å². The molecule has 0 saturated carbocycles. The van der Waals surface area contributed by atoms with Gasteiger partial charge >= 0.3 is 12.1 Å². The summed E-state index contributed by atoms with van der Waals surface area (Å²) in [5, 5.41) is 15.9. The monoisotopic (exact) mass is 712 g/mol. The van der Waals surface area contributed by atoms with Crippen LogP contribution in [0.4, 0.5) is 4.79 Å². The number of methoxy groups -OCH3 is 1. The molecule has 0 aliphatic rings. The van der Waals surface area contributed by atoms with E-state index in [1.165, 1.54) is 27.9 Å². The van der Waals surface area contributed by atoms with Gasteiger partial charge in [0.05, 0.1) is 7.11 Å². The molecule has 0 bridgehead atoms. The highest BCUT2D eigenvalue weighted by molar-refractivity contribution is 5.97. The van der Waals surface area contributed by atoms with Crippen LogP contribution in [-0.4, -0.2) is 90.1 Å². The van der Waals surface area contributed by atoms with Gasteiger partial charge in [-0.2, -0.15) is 0 Å². The second kappa shape index (κ2) is 20.1. The maximum Gasteiger partial charge on any atom is 0.408 e. The Labute approximate surface area is 298 Å². The van der Waals surface area contributed by atoms with Crippen LogP contribution in [0.25, 0.3) is 0 Å². The number of esters is 1. The number of carbonyl (C=O) groups is 7. The molecule has 288 valence electrons. The van der Waals surface area contributed by atoms with Crippen LogP contribution < -0.4 is 31.9 Å². The fraction of sp³-hybridized carbons (Fsp3) is 0.800. The lowest BCUT2D eigenvalue weighted by Crippen LogP contribution is -2.63. The summed E-state index contributed by atoms with van der Waals surface area (Å²) in [5.41, 5.74) is -2.24. The lowest BCUT2D eigenvalue weighted by Gasteiger charge is -2.32. The van der Waals surface area contributed by atoms with Gasteiger partial charge in [-0.1, -0.05) is 55.4 Å². The summed E-state index contributed by atoms with van der Waals surface area (Å²) in [6.45, 7) is 23.9. The van der Waals surface area contributed by atoms with Gasteiger partial charge < -0.3 is 41.4 Å². The molecule has 0 unspecified atom stereocenters. The van der Waals surface area contributed by atoms with E-state index in [1.807, 2.05) is 27.7 Å². The van der Waals surface area contributed by atoms with Crippen molar-refractivity contribution in [2.24, 2.45) is 23.7 Å². The van der Waals surface area contributed by atoms with Crippen molar-refractivity contribution in [1.29, 1.82) is 0 Å². The summed E-state index contributed by atoms with van der Waals surface area (Å²) in [5.74, 6) is -4.45. The zero-order valence-electron chi connectivity index (χ0n) is 32.8. The molecule has 0 aromatic rings. The van der Waals surface area contributed by atoms with Crippen molar-refractivity contribution in [3.05, 3.63) is 0 Å². The van der Waals surface area contributed by atoms with Gasteiger partial charge in [0.15, 0.2) is 0 Å². The summed E-state index contributed by atoms with van der Waals surface area (Å²) < 4.78 is 10.1. The predicted octanol–water partition coefficient (Wildman–Crippen LogP) is 2.31. The Morgan fingerprint density at radius 1 is 0.560 bits per heavy atom. The fourth-order valence-electron chi connectivity index (χ4n) is 4.71. The second-order valence-corrected chi connectivity index (χ2v) is 15.8. The molecular weight excluding hydrogens is 648 g/mol. The first kappa shape index (κ1) is 46.1. The average Bonchev–Trinajstić information content (AvgIpc) is 2.94. The Balaban J connectivity index is 5.81. The number of amides is 6. The molecule has 15 heteroatoms. The first-order valence-corrected chi connectivity index (χ1v) is 17.3. The summed E-state index contributed by atoms with van der Waals surface area (Å²) >= 11 is 0. The molecule has 6 N–H and O–H groups in total. The van der Waals surface area contributed by atoms with Gasteiger partial charge in [0.1, 0.15) is 41.3 Å². The normalized spacial score (nSPS) is 14.9. The molecule has 0 aromatic heterocycles. The van der Waals surface area contributed by atoms with Gasteiger partial charge in [-0.3, -0.25) is 24.0 Å². The zero-order chi connectivity index (χ0) is 39.3. The third kappa shape index (κ3) is 16.7. The van der Waals surface area contributed by atoms with Gasteiger partial charge in [0.2, 0.25) is 29.5 Å². The van der Waals surface area contributed by atoms with Crippen molar-refractivity contribution in [3.63, 3.8) is 0 Å². The van der Waals surface area contributed by atoms with Crippen molar-refractivity contribution in [2.45, 2.75) is 151 Å². The largest absolute Gasteiger partial charge is 0.467 e. The van der Waals surface area contributed by atoms with E-state index in [4.69, 9.17) is 9.47 Å².